The summed E-state index contributed by atoms with van der Waals surface area (Å²) in [6.07, 6.45) is 4.90. The van der Waals surface area contributed by atoms with E-state index in [0.717, 1.165) is 24.1 Å². The lowest BCUT2D eigenvalue weighted by Gasteiger charge is -2.20. The molecule has 0 aliphatic heterocycles. The summed E-state index contributed by atoms with van der Waals surface area (Å²) in [6.45, 7) is 2.08. The summed E-state index contributed by atoms with van der Waals surface area (Å²) in [7, 11) is 0. The molecule has 2 aromatic rings. The molecular weight excluding hydrogens is 314 g/mol. The zero-order valence-electron chi connectivity index (χ0n) is 12.9. The van der Waals surface area contributed by atoms with E-state index in [2.05, 4.69) is 11.1 Å². The molecule has 0 fully saturated rings. The number of aromatic nitrogens is 2. The molecule has 1 atom stereocenters. The number of carbonyl (C=O) groups excluding carboxylic acids is 1. The van der Waals surface area contributed by atoms with E-state index >= 15 is 0 Å². The standard InChI is InChI=1S/C17H18ClN3O2/c1-2-23-17(22)16(14-7-5-13(10-19)6-8-14)21-12-20-11-15(21)4-3-9-18/h5-8,11-12,16H,2-4,9H2,1H3. The van der Waals surface area contributed by atoms with Crippen molar-refractivity contribution in [3.63, 3.8) is 0 Å². The Morgan fingerprint density at radius 3 is 2.78 bits per heavy atom. The molecule has 0 saturated carbocycles. The van der Waals surface area contributed by atoms with E-state index in [1.165, 1.54) is 0 Å². The van der Waals surface area contributed by atoms with Crippen molar-refractivity contribution < 1.29 is 9.53 Å². The van der Waals surface area contributed by atoms with Crippen LogP contribution in [0.25, 0.3) is 0 Å². The van der Waals surface area contributed by atoms with Crippen LogP contribution in [0.2, 0.25) is 0 Å². The average molecular weight is 332 g/mol. The van der Waals surface area contributed by atoms with Gasteiger partial charge in [-0.15, -0.1) is 11.6 Å². The lowest BCUT2D eigenvalue weighted by atomic mass is 10.0. The third-order valence-electron chi connectivity index (χ3n) is 3.46. The quantitative estimate of drug-likeness (QED) is 0.577. The fraction of sp³-hybridized carbons (Fsp3) is 0.353. The first-order chi connectivity index (χ1) is 11.2. The largest absolute Gasteiger partial charge is 0.464 e. The van der Waals surface area contributed by atoms with Gasteiger partial charge in [-0.3, -0.25) is 0 Å². The van der Waals surface area contributed by atoms with Crippen molar-refractivity contribution in [3.05, 3.63) is 53.6 Å². The van der Waals surface area contributed by atoms with Crippen LogP contribution >= 0.6 is 11.6 Å². The summed E-state index contributed by atoms with van der Waals surface area (Å²) in [5.41, 5.74) is 2.23. The number of ether oxygens (including phenoxy) is 1. The number of hydrogen-bond donors (Lipinski definition) is 0. The van der Waals surface area contributed by atoms with E-state index in [4.69, 9.17) is 21.6 Å². The molecule has 6 heteroatoms. The molecule has 1 unspecified atom stereocenters. The zero-order valence-corrected chi connectivity index (χ0v) is 13.7. The van der Waals surface area contributed by atoms with Gasteiger partial charge in [0.15, 0.2) is 6.04 Å². The lowest BCUT2D eigenvalue weighted by molar-refractivity contribution is -0.145. The summed E-state index contributed by atoms with van der Waals surface area (Å²) in [4.78, 5) is 16.6. The van der Waals surface area contributed by atoms with Gasteiger partial charge in [0.1, 0.15) is 0 Å². The maximum Gasteiger partial charge on any atom is 0.333 e. The van der Waals surface area contributed by atoms with Gasteiger partial charge >= 0.3 is 5.97 Å². The van der Waals surface area contributed by atoms with Crippen LogP contribution in [0.3, 0.4) is 0 Å². The molecule has 2 rings (SSSR count). The van der Waals surface area contributed by atoms with E-state index < -0.39 is 6.04 Å². The minimum absolute atomic E-state index is 0.303. The predicted octanol–water partition coefficient (Wildman–Crippen LogP) is 3.08. The molecule has 1 heterocycles. The first kappa shape index (κ1) is 17.0. The maximum absolute atomic E-state index is 12.5. The summed E-state index contributed by atoms with van der Waals surface area (Å²) in [6, 6.07) is 8.38. The predicted molar refractivity (Wildman–Crippen MR) is 87.2 cm³/mol. The first-order valence-electron chi connectivity index (χ1n) is 7.44. The van der Waals surface area contributed by atoms with Crippen LogP contribution in [0, 0.1) is 11.3 Å². The Kier molecular flexibility index (Phi) is 6.19. The maximum atomic E-state index is 12.5. The highest BCUT2D eigenvalue weighted by molar-refractivity contribution is 6.17. The van der Waals surface area contributed by atoms with Gasteiger partial charge in [-0.25, -0.2) is 9.78 Å². The molecule has 23 heavy (non-hydrogen) atoms. The lowest BCUT2D eigenvalue weighted by Crippen LogP contribution is -2.24. The number of nitrogens with zero attached hydrogens (tertiary/aromatic N) is 3. The minimum Gasteiger partial charge on any atom is -0.464 e. The van der Waals surface area contributed by atoms with Crippen molar-refractivity contribution >= 4 is 17.6 Å². The zero-order chi connectivity index (χ0) is 16.7. The Balaban J connectivity index is 2.40. The molecule has 0 radical (unpaired) electrons. The normalized spacial score (nSPS) is 11.7. The van der Waals surface area contributed by atoms with Gasteiger partial charge in [0.25, 0.3) is 0 Å². The van der Waals surface area contributed by atoms with Crippen LogP contribution in [-0.4, -0.2) is 28.0 Å². The van der Waals surface area contributed by atoms with E-state index in [1.807, 2.05) is 4.57 Å². The highest BCUT2D eigenvalue weighted by Gasteiger charge is 2.25. The van der Waals surface area contributed by atoms with Crippen molar-refractivity contribution in [1.82, 2.24) is 9.55 Å². The van der Waals surface area contributed by atoms with Crippen LogP contribution in [-0.2, 0) is 16.0 Å². The molecule has 0 aliphatic carbocycles. The Bertz CT molecular complexity index is 689. The molecule has 1 aromatic heterocycles. The van der Waals surface area contributed by atoms with Gasteiger partial charge in [0, 0.05) is 17.8 Å². The van der Waals surface area contributed by atoms with E-state index in [9.17, 15) is 4.79 Å². The van der Waals surface area contributed by atoms with E-state index in [1.54, 1.807) is 43.7 Å². The molecule has 0 amide bonds. The van der Waals surface area contributed by atoms with Crippen molar-refractivity contribution in [2.45, 2.75) is 25.8 Å². The second-order valence-corrected chi connectivity index (χ2v) is 5.35. The molecule has 0 bridgehead atoms. The SMILES string of the molecule is CCOC(=O)C(c1ccc(C#N)cc1)n1cncc1CCCCl. The van der Waals surface area contributed by atoms with Crippen molar-refractivity contribution in [1.29, 1.82) is 5.26 Å². The number of nitriles is 1. The molecule has 0 aliphatic rings. The Hall–Kier alpha value is -2.32. The molecule has 120 valence electrons. The topological polar surface area (TPSA) is 67.9 Å². The molecule has 0 spiro atoms. The Morgan fingerprint density at radius 1 is 1.43 bits per heavy atom. The van der Waals surface area contributed by atoms with E-state index in [0.29, 0.717) is 18.1 Å². The summed E-state index contributed by atoms with van der Waals surface area (Å²) in [5, 5.41) is 8.92. The van der Waals surface area contributed by atoms with Gasteiger partial charge in [-0.1, -0.05) is 12.1 Å². The number of hydrogen-bond acceptors (Lipinski definition) is 4. The number of alkyl halides is 1. The van der Waals surface area contributed by atoms with Crippen LogP contribution in [0.15, 0.2) is 36.8 Å². The second-order valence-electron chi connectivity index (χ2n) is 4.97. The highest BCUT2D eigenvalue weighted by Crippen LogP contribution is 2.23. The number of halogens is 1. The fourth-order valence-electron chi connectivity index (χ4n) is 2.38. The second kappa shape index (κ2) is 8.35. The van der Waals surface area contributed by atoms with Gasteiger partial charge in [-0.05, 0) is 37.5 Å². The molecule has 5 nitrogen and oxygen atoms in total. The van der Waals surface area contributed by atoms with Gasteiger partial charge in [-0.2, -0.15) is 5.26 Å². The number of rotatable bonds is 7. The van der Waals surface area contributed by atoms with Crippen molar-refractivity contribution in [3.8, 4) is 6.07 Å². The van der Waals surface area contributed by atoms with Crippen LogP contribution in [0.5, 0.6) is 0 Å². The van der Waals surface area contributed by atoms with Crippen LogP contribution in [0.1, 0.15) is 36.2 Å². The third-order valence-corrected chi connectivity index (χ3v) is 3.72. The number of carbonyl (C=O) groups is 1. The number of aryl methyl sites for hydroxylation is 1. The van der Waals surface area contributed by atoms with Crippen molar-refractivity contribution in [2.24, 2.45) is 0 Å². The molecule has 0 N–H and O–H groups in total. The number of esters is 1. The first-order valence-corrected chi connectivity index (χ1v) is 7.98. The minimum atomic E-state index is -0.615. The van der Waals surface area contributed by atoms with E-state index in [-0.39, 0.29) is 5.97 Å². The molecular formula is C17H18ClN3O2. The summed E-state index contributed by atoms with van der Waals surface area (Å²) >= 11 is 5.76. The van der Waals surface area contributed by atoms with Gasteiger partial charge in [0.05, 0.1) is 24.6 Å². The smallest absolute Gasteiger partial charge is 0.333 e. The Morgan fingerprint density at radius 2 is 2.17 bits per heavy atom. The molecule has 0 saturated heterocycles. The number of benzene rings is 1. The van der Waals surface area contributed by atoms with Crippen LogP contribution < -0.4 is 0 Å². The average Bonchev–Trinajstić information content (AvgIpc) is 3.02. The summed E-state index contributed by atoms with van der Waals surface area (Å²) in [5.74, 6) is 0.203. The fourth-order valence-corrected chi connectivity index (χ4v) is 2.51. The van der Waals surface area contributed by atoms with Gasteiger partial charge < -0.3 is 9.30 Å². The van der Waals surface area contributed by atoms with Crippen molar-refractivity contribution in [2.75, 3.05) is 12.5 Å². The monoisotopic (exact) mass is 331 g/mol. The third kappa shape index (κ3) is 4.11. The summed E-state index contributed by atoms with van der Waals surface area (Å²) < 4.78 is 7.03. The Labute approximate surface area is 140 Å². The number of imidazole rings is 1. The van der Waals surface area contributed by atoms with Crippen LogP contribution in [0.4, 0.5) is 0 Å². The highest BCUT2D eigenvalue weighted by atomic mass is 35.5. The molecule has 1 aromatic carbocycles. The van der Waals surface area contributed by atoms with Gasteiger partial charge in [0.2, 0.25) is 0 Å².